The first-order valence-electron chi connectivity index (χ1n) is 22.0. The van der Waals surface area contributed by atoms with Crippen molar-refractivity contribution in [1.29, 1.82) is 0 Å². The normalized spacial score (nSPS) is 17.9. The summed E-state index contributed by atoms with van der Waals surface area (Å²) < 4.78 is 22.2. The Morgan fingerprint density at radius 2 is 1.79 bits per heavy atom. The van der Waals surface area contributed by atoms with E-state index in [0.717, 1.165) is 62.8 Å². The molecule has 1 aliphatic rings. The minimum atomic E-state index is -1.22. The van der Waals surface area contributed by atoms with E-state index < -0.39 is 47.5 Å². The zero-order valence-corrected chi connectivity index (χ0v) is 37.0. The first kappa shape index (κ1) is 45.1. The lowest BCUT2D eigenvalue weighted by molar-refractivity contribution is -0.150. The molecule has 0 unspecified atom stereocenters. The highest BCUT2D eigenvalue weighted by Gasteiger charge is 2.39. The summed E-state index contributed by atoms with van der Waals surface area (Å²) >= 11 is 1.15. The van der Waals surface area contributed by atoms with Crippen molar-refractivity contribution in [2.45, 2.75) is 156 Å². The number of anilines is 1. The number of carboxylic acids is 1. The molecule has 0 spiro atoms. The van der Waals surface area contributed by atoms with E-state index >= 15 is 0 Å². The molecule has 1 saturated heterocycles. The molecule has 1 aliphatic heterocycles. The molecule has 0 saturated carbocycles. The number of benzene rings is 1. The smallest absolute Gasteiger partial charge is 0.309 e. The molecule has 2 heterocycles. The summed E-state index contributed by atoms with van der Waals surface area (Å²) in [5, 5.41) is 17.9. The predicted molar refractivity (Wildman–Crippen MR) is 229 cm³/mol. The number of ether oxygens (including phenoxy) is 1. The molecule has 58 heavy (non-hydrogen) atoms. The highest BCUT2D eigenvalue weighted by atomic mass is 32.1. The largest absolute Gasteiger partial charge is 0.481 e. The molecular formula is C44H70N6O7S. The van der Waals surface area contributed by atoms with Gasteiger partial charge in [-0.2, -0.15) is 0 Å². The number of aliphatic carboxylic acids is 1. The highest BCUT2D eigenvalue weighted by Crippen LogP contribution is 2.32. The molecule has 1 fully saturated rings. The number of unbranched alkanes of at least 4 members (excludes halogenated alkanes) is 3. The Labute approximate surface area is 353 Å². The van der Waals surface area contributed by atoms with Crippen molar-refractivity contribution in [2.24, 2.45) is 17.3 Å². The molecule has 13 nitrogen and oxygen atoms in total. The Balaban J connectivity index is 1.96. The van der Waals surface area contributed by atoms with Crippen LogP contribution in [0.1, 0.15) is 150 Å². The van der Waals surface area contributed by atoms with Crippen molar-refractivity contribution in [2.75, 3.05) is 25.9 Å². The summed E-state index contributed by atoms with van der Waals surface area (Å²) in [5.41, 5.74) is 5.22. The van der Waals surface area contributed by atoms with Gasteiger partial charge in [0.25, 0.3) is 5.91 Å². The van der Waals surface area contributed by atoms with Crippen LogP contribution in [0.5, 0.6) is 0 Å². The Morgan fingerprint density at radius 3 is 2.38 bits per heavy atom. The van der Waals surface area contributed by atoms with Gasteiger partial charge in [-0.25, -0.2) is 4.98 Å². The van der Waals surface area contributed by atoms with Crippen LogP contribution in [0.4, 0.5) is 5.69 Å². The van der Waals surface area contributed by atoms with Crippen molar-refractivity contribution in [1.82, 2.24) is 25.4 Å². The van der Waals surface area contributed by atoms with Gasteiger partial charge in [0, 0.05) is 43.0 Å². The first-order valence-corrected chi connectivity index (χ1v) is 21.9. The van der Waals surface area contributed by atoms with Crippen LogP contribution in [-0.4, -0.2) is 93.9 Å². The number of piperidine rings is 1. The third-order valence-electron chi connectivity index (χ3n) is 11.3. The van der Waals surface area contributed by atoms with E-state index in [4.69, 9.17) is 13.2 Å². The van der Waals surface area contributed by atoms with Crippen molar-refractivity contribution in [3.63, 3.8) is 0 Å². The van der Waals surface area contributed by atoms with Crippen LogP contribution in [0.3, 0.4) is 0 Å². The molecule has 0 bridgehead atoms. The number of carbonyl (C=O) groups is 5. The average molecular weight is 829 g/mol. The van der Waals surface area contributed by atoms with Gasteiger partial charge in [0.15, 0.2) is 6.10 Å². The molecule has 1 aromatic carbocycles. The van der Waals surface area contributed by atoms with E-state index in [1.165, 1.54) is 19.1 Å². The molecular weight excluding hydrogens is 757 g/mol. The van der Waals surface area contributed by atoms with Crippen LogP contribution in [0.25, 0.3) is 0 Å². The second kappa shape index (κ2) is 22.9. The van der Waals surface area contributed by atoms with Gasteiger partial charge in [-0.3, -0.25) is 28.9 Å². The Kier molecular flexibility index (Phi) is 17.8. The number of aromatic nitrogens is 1. The lowest BCUT2D eigenvalue weighted by Crippen LogP contribution is -2.59. The number of nitrogens with two attached hydrogens (primary N) is 1. The van der Waals surface area contributed by atoms with Gasteiger partial charge in [-0.15, -0.1) is 11.3 Å². The van der Waals surface area contributed by atoms with Gasteiger partial charge in [0.1, 0.15) is 16.7 Å². The number of esters is 1. The fourth-order valence-corrected chi connectivity index (χ4v) is 8.39. The number of hydrogen-bond acceptors (Lipinski definition) is 10. The number of carbonyl (C=O) groups excluding carboxylic acids is 4. The zero-order valence-electron chi connectivity index (χ0n) is 38.2. The van der Waals surface area contributed by atoms with Crippen molar-refractivity contribution in [3.8, 4) is 0 Å². The number of nitrogens with one attached hydrogen (secondary N) is 2. The predicted octanol–water partition coefficient (Wildman–Crippen LogP) is 7.01. The van der Waals surface area contributed by atoms with Crippen LogP contribution in [0.15, 0.2) is 29.6 Å². The monoisotopic (exact) mass is 829 g/mol. The summed E-state index contributed by atoms with van der Waals surface area (Å²) in [6, 6.07) is 0.756. The summed E-state index contributed by atoms with van der Waals surface area (Å²) in [6.07, 6.45) is 6.61. The van der Waals surface area contributed by atoms with Crippen LogP contribution >= 0.6 is 11.3 Å². The molecule has 1 aromatic heterocycles. The molecule has 14 heteroatoms. The summed E-state index contributed by atoms with van der Waals surface area (Å²) in [5.74, 6) is -2.70. The van der Waals surface area contributed by atoms with Crippen LogP contribution in [-0.2, 0) is 30.3 Å². The molecule has 5 N–H and O–H groups in total. The van der Waals surface area contributed by atoms with Gasteiger partial charge in [-0.1, -0.05) is 78.9 Å². The zero-order chi connectivity index (χ0) is 44.9. The number of nitrogens with zero attached hydrogens (tertiary/aromatic N) is 3. The molecule has 0 radical (unpaired) electrons. The third kappa shape index (κ3) is 14.4. The first-order chi connectivity index (χ1) is 28.2. The van der Waals surface area contributed by atoms with Gasteiger partial charge in [-0.05, 0) is 89.0 Å². The van der Waals surface area contributed by atoms with Crippen LogP contribution in [0.2, 0.25) is 0 Å². The van der Waals surface area contributed by atoms with E-state index in [1.807, 2.05) is 39.6 Å². The number of carboxylic acid groups (broad SMARTS) is 1. The molecule has 0 aliphatic carbocycles. The SMILES string of the molecule is [2H]c1cc(C[C@@H](CC(C)(C)C(=O)O)NC(=O)c2csc([C@@H](C[C@H](C(C)C)N(CCCCCC)C(=O)[C@@H](NC(=O)[C@H]3CCCCN3C)[C@@H](C)CC)OC(C)=O)n2)cc([2H])c1N. The number of thiazole rings is 1. The topological polar surface area (TPSA) is 184 Å². The van der Waals surface area contributed by atoms with Crippen LogP contribution < -0.4 is 16.4 Å². The minimum Gasteiger partial charge on any atom is -0.481 e. The quantitative estimate of drug-likeness (QED) is 0.0516. The minimum absolute atomic E-state index is 0.0241. The number of rotatable bonds is 23. The Bertz CT molecular complexity index is 1750. The number of likely N-dealkylation sites (tertiary alicyclic amines) is 1. The van der Waals surface area contributed by atoms with E-state index in [1.54, 1.807) is 19.2 Å². The summed E-state index contributed by atoms with van der Waals surface area (Å²) in [4.78, 5) is 75.8. The van der Waals surface area contributed by atoms with Gasteiger partial charge in [0.05, 0.1) is 14.2 Å². The van der Waals surface area contributed by atoms with Crippen LogP contribution in [0, 0.1) is 17.3 Å². The second-order valence-electron chi connectivity index (χ2n) is 17.0. The molecule has 324 valence electrons. The highest BCUT2D eigenvalue weighted by molar-refractivity contribution is 7.09. The van der Waals surface area contributed by atoms with Crippen molar-refractivity contribution in [3.05, 3.63) is 45.9 Å². The van der Waals surface area contributed by atoms with E-state index in [9.17, 15) is 29.1 Å². The van der Waals surface area contributed by atoms with E-state index in [-0.39, 0.29) is 72.4 Å². The maximum Gasteiger partial charge on any atom is 0.309 e. The number of nitrogen functional groups attached to an aromatic ring is 1. The lowest BCUT2D eigenvalue weighted by Gasteiger charge is -2.40. The van der Waals surface area contributed by atoms with Gasteiger partial charge >= 0.3 is 11.9 Å². The number of hydrogen-bond donors (Lipinski definition) is 4. The van der Waals surface area contributed by atoms with Gasteiger partial charge in [0.2, 0.25) is 11.8 Å². The maximum atomic E-state index is 14.9. The number of amides is 3. The molecule has 6 atom stereocenters. The summed E-state index contributed by atoms with van der Waals surface area (Å²) in [6.45, 7) is 15.9. The Morgan fingerprint density at radius 1 is 1.10 bits per heavy atom. The fraction of sp³-hybridized carbons (Fsp3) is 0.682. The standard InChI is InChI=1S/C44H70N6O7S/c1-10-12-13-15-23-50(42(54)38(29(5)11-2)48-40(53)35-17-14-16-22-49(35)9)36(28(3)4)25-37(57-30(6)51)41-47-34(27-58-41)39(52)46-33(26-44(7,8)43(55)56)24-31-18-20-32(45)21-19-31/h18-21,27-29,33,35-38H,10-17,22-26,45H2,1-9H3,(H,46,52)(H,48,53)(H,55,56)/t29-,33-,35+,36+,37+,38-/m0/s1/i20D,21D. The third-order valence-corrected chi connectivity index (χ3v) is 12.3. The maximum absolute atomic E-state index is 14.9. The lowest BCUT2D eigenvalue weighted by atomic mass is 9.84. The molecule has 2 aromatic rings. The van der Waals surface area contributed by atoms with Crippen molar-refractivity contribution < 1.29 is 36.6 Å². The Hall–Kier alpha value is -4.04. The fourth-order valence-electron chi connectivity index (χ4n) is 7.55. The molecule has 3 amide bonds. The molecule has 3 rings (SSSR count). The average Bonchev–Trinajstić information content (AvgIpc) is 3.68. The van der Waals surface area contributed by atoms with E-state index in [2.05, 4.69) is 27.4 Å². The van der Waals surface area contributed by atoms with Gasteiger partial charge < -0.3 is 31.1 Å². The van der Waals surface area contributed by atoms with E-state index in [0.29, 0.717) is 23.5 Å². The summed E-state index contributed by atoms with van der Waals surface area (Å²) in [7, 11) is 1.95. The van der Waals surface area contributed by atoms with Crippen molar-refractivity contribution >= 4 is 46.7 Å². The number of likely N-dealkylation sites (N-methyl/N-ethyl adjacent to an activating group) is 1. The second-order valence-corrected chi connectivity index (χ2v) is 17.9.